The first-order chi connectivity index (χ1) is 12.8. The number of carbonyl (C=O) groups is 1. The highest BCUT2D eigenvalue weighted by atomic mass is 16.1. The molecular weight excluding hydrogens is 318 g/mol. The number of hydrogen-bond donors (Lipinski definition) is 0. The molecule has 3 aromatic rings. The normalized spacial score (nSPS) is 16.2. The minimum atomic E-state index is -0.0392. The Morgan fingerprint density at radius 1 is 0.846 bits per heavy atom. The molecule has 0 fully saturated rings. The third kappa shape index (κ3) is 3.55. The number of carbonyl (C=O) groups excluding carboxylic acids is 1. The highest BCUT2D eigenvalue weighted by molar-refractivity contribution is 5.70. The Labute approximate surface area is 155 Å². The summed E-state index contributed by atoms with van der Waals surface area (Å²) >= 11 is 0. The standard InChI is InChI=1S/C24H23NO/c26-18-23-13-12-22-16-21(15-19-7-3-1-4-8-19)11-14-24(22)25(23)17-20-9-5-2-6-10-20/h1-11,14,16,18,23H,12-13,15,17H2. The van der Waals surface area contributed by atoms with Gasteiger partial charge in [-0.05, 0) is 47.6 Å². The maximum atomic E-state index is 11.6. The van der Waals surface area contributed by atoms with Gasteiger partial charge in [0.05, 0.1) is 6.04 Å². The zero-order valence-corrected chi connectivity index (χ0v) is 14.8. The largest absolute Gasteiger partial charge is 0.357 e. The average Bonchev–Trinajstić information content (AvgIpc) is 2.70. The Morgan fingerprint density at radius 2 is 1.54 bits per heavy atom. The maximum absolute atomic E-state index is 11.6. The minimum absolute atomic E-state index is 0.0392. The minimum Gasteiger partial charge on any atom is -0.357 e. The molecule has 1 aliphatic heterocycles. The van der Waals surface area contributed by atoms with Crippen LogP contribution < -0.4 is 4.90 Å². The summed E-state index contributed by atoms with van der Waals surface area (Å²) in [5.74, 6) is 0. The van der Waals surface area contributed by atoms with E-state index in [0.29, 0.717) is 0 Å². The van der Waals surface area contributed by atoms with Crippen molar-refractivity contribution in [3.63, 3.8) is 0 Å². The highest BCUT2D eigenvalue weighted by Crippen LogP contribution is 2.32. The molecule has 1 heterocycles. The van der Waals surface area contributed by atoms with E-state index in [9.17, 15) is 4.79 Å². The Kier molecular flexibility index (Phi) is 4.83. The van der Waals surface area contributed by atoms with Gasteiger partial charge < -0.3 is 9.69 Å². The number of hydrogen-bond acceptors (Lipinski definition) is 2. The molecule has 2 nitrogen and oxygen atoms in total. The lowest BCUT2D eigenvalue weighted by Gasteiger charge is -2.36. The van der Waals surface area contributed by atoms with Crippen molar-refractivity contribution >= 4 is 12.0 Å². The number of anilines is 1. The van der Waals surface area contributed by atoms with Gasteiger partial charge in [0.2, 0.25) is 0 Å². The molecule has 1 aliphatic rings. The van der Waals surface area contributed by atoms with Gasteiger partial charge in [0, 0.05) is 12.2 Å². The van der Waals surface area contributed by atoms with E-state index in [2.05, 4.69) is 77.7 Å². The zero-order chi connectivity index (χ0) is 17.8. The van der Waals surface area contributed by atoms with Crippen molar-refractivity contribution in [3.8, 4) is 0 Å². The average molecular weight is 341 g/mol. The molecule has 2 heteroatoms. The number of aryl methyl sites for hydroxylation is 1. The predicted molar refractivity (Wildman–Crippen MR) is 106 cm³/mol. The van der Waals surface area contributed by atoms with Crippen molar-refractivity contribution in [3.05, 3.63) is 101 Å². The SMILES string of the molecule is O=CC1CCc2cc(Cc3ccccc3)ccc2N1Cc1ccccc1. The fraction of sp³-hybridized carbons (Fsp3) is 0.208. The number of benzene rings is 3. The van der Waals surface area contributed by atoms with Crippen LogP contribution in [0.25, 0.3) is 0 Å². The Bertz CT molecular complexity index is 873. The second kappa shape index (κ2) is 7.57. The fourth-order valence-electron chi connectivity index (χ4n) is 3.82. The Hall–Kier alpha value is -2.87. The first-order valence-electron chi connectivity index (χ1n) is 9.25. The summed E-state index contributed by atoms with van der Waals surface area (Å²) in [6.07, 6.45) is 3.90. The van der Waals surface area contributed by atoms with Crippen LogP contribution in [0.15, 0.2) is 78.9 Å². The maximum Gasteiger partial charge on any atom is 0.142 e. The van der Waals surface area contributed by atoms with Crippen LogP contribution in [0.4, 0.5) is 5.69 Å². The molecule has 3 aromatic carbocycles. The first-order valence-corrected chi connectivity index (χ1v) is 9.25. The third-order valence-corrected chi connectivity index (χ3v) is 5.17. The summed E-state index contributed by atoms with van der Waals surface area (Å²) < 4.78 is 0. The molecule has 0 spiro atoms. The van der Waals surface area contributed by atoms with Crippen molar-refractivity contribution in [1.82, 2.24) is 0 Å². The van der Waals surface area contributed by atoms with E-state index in [1.165, 1.54) is 27.9 Å². The van der Waals surface area contributed by atoms with Crippen molar-refractivity contribution in [1.29, 1.82) is 0 Å². The number of aldehydes is 1. The summed E-state index contributed by atoms with van der Waals surface area (Å²) in [5.41, 5.74) is 6.45. The second-order valence-electron chi connectivity index (χ2n) is 6.98. The summed E-state index contributed by atoms with van der Waals surface area (Å²) in [4.78, 5) is 13.9. The lowest BCUT2D eigenvalue weighted by Crippen LogP contribution is -2.40. The quantitative estimate of drug-likeness (QED) is 0.622. The summed E-state index contributed by atoms with van der Waals surface area (Å²) in [5, 5.41) is 0. The molecule has 4 rings (SSSR count). The first kappa shape index (κ1) is 16.6. The molecule has 0 radical (unpaired) electrons. The van der Waals surface area contributed by atoms with Gasteiger partial charge in [0.25, 0.3) is 0 Å². The monoisotopic (exact) mass is 341 g/mol. The third-order valence-electron chi connectivity index (χ3n) is 5.17. The topological polar surface area (TPSA) is 20.3 Å². The molecule has 0 saturated carbocycles. The molecule has 0 N–H and O–H groups in total. The molecule has 0 bridgehead atoms. The lowest BCUT2D eigenvalue weighted by molar-refractivity contribution is -0.109. The second-order valence-corrected chi connectivity index (χ2v) is 6.98. The van der Waals surface area contributed by atoms with Crippen molar-refractivity contribution in [2.75, 3.05) is 4.90 Å². The van der Waals surface area contributed by atoms with Crippen LogP contribution in [0, 0.1) is 0 Å². The van der Waals surface area contributed by atoms with E-state index < -0.39 is 0 Å². The molecule has 1 atom stereocenters. The summed E-state index contributed by atoms with van der Waals surface area (Å²) in [6.45, 7) is 0.773. The smallest absolute Gasteiger partial charge is 0.142 e. The van der Waals surface area contributed by atoms with E-state index in [-0.39, 0.29) is 6.04 Å². The van der Waals surface area contributed by atoms with Crippen LogP contribution in [-0.2, 0) is 24.2 Å². The molecule has 0 saturated heterocycles. The molecular formula is C24H23NO. The number of fused-ring (bicyclic) bond motifs is 1. The molecule has 130 valence electrons. The zero-order valence-electron chi connectivity index (χ0n) is 14.8. The van der Waals surface area contributed by atoms with Crippen LogP contribution in [0.3, 0.4) is 0 Å². The van der Waals surface area contributed by atoms with E-state index in [1.54, 1.807) is 0 Å². The van der Waals surface area contributed by atoms with Crippen LogP contribution in [0.5, 0.6) is 0 Å². The fourth-order valence-corrected chi connectivity index (χ4v) is 3.82. The van der Waals surface area contributed by atoms with Crippen LogP contribution >= 0.6 is 0 Å². The van der Waals surface area contributed by atoms with Gasteiger partial charge in [-0.2, -0.15) is 0 Å². The van der Waals surface area contributed by atoms with Crippen LogP contribution in [-0.4, -0.2) is 12.3 Å². The van der Waals surface area contributed by atoms with Gasteiger partial charge in [-0.3, -0.25) is 0 Å². The van der Waals surface area contributed by atoms with Crippen molar-refractivity contribution < 1.29 is 4.79 Å². The molecule has 0 aromatic heterocycles. The molecule has 0 aliphatic carbocycles. The molecule has 1 unspecified atom stereocenters. The van der Waals surface area contributed by atoms with Crippen molar-refractivity contribution in [2.45, 2.75) is 31.8 Å². The highest BCUT2D eigenvalue weighted by Gasteiger charge is 2.26. The number of rotatable bonds is 5. The van der Waals surface area contributed by atoms with Gasteiger partial charge in [0.1, 0.15) is 6.29 Å². The van der Waals surface area contributed by atoms with Gasteiger partial charge in [-0.1, -0.05) is 72.8 Å². The van der Waals surface area contributed by atoms with E-state index in [0.717, 1.165) is 32.1 Å². The Morgan fingerprint density at radius 3 is 2.23 bits per heavy atom. The van der Waals surface area contributed by atoms with E-state index >= 15 is 0 Å². The molecule has 0 amide bonds. The summed E-state index contributed by atoms with van der Waals surface area (Å²) in [6, 6.07) is 27.6. The molecule has 26 heavy (non-hydrogen) atoms. The summed E-state index contributed by atoms with van der Waals surface area (Å²) in [7, 11) is 0. The Balaban J connectivity index is 1.62. The van der Waals surface area contributed by atoms with Gasteiger partial charge in [-0.25, -0.2) is 0 Å². The van der Waals surface area contributed by atoms with Gasteiger partial charge in [0.15, 0.2) is 0 Å². The van der Waals surface area contributed by atoms with Gasteiger partial charge in [-0.15, -0.1) is 0 Å². The van der Waals surface area contributed by atoms with E-state index in [4.69, 9.17) is 0 Å². The van der Waals surface area contributed by atoms with Crippen LogP contribution in [0.2, 0.25) is 0 Å². The van der Waals surface area contributed by atoms with Crippen LogP contribution in [0.1, 0.15) is 28.7 Å². The van der Waals surface area contributed by atoms with Gasteiger partial charge >= 0.3 is 0 Å². The van der Waals surface area contributed by atoms with Crippen molar-refractivity contribution in [2.24, 2.45) is 0 Å². The van der Waals surface area contributed by atoms with E-state index in [1.807, 2.05) is 6.07 Å². The lowest BCUT2D eigenvalue weighted by atomic mass is 9.92. The predicted octanol–water partition coefficient (Wildman–Crippen LogP) is 4.80. The number of nitrogens with zero attached hydrogens (tertiary/aromatic N) is 1.